The van der Waals surface area contributed by atoms with E-state index in [1.165, 1.54) is 27.1 Å². The van der Waals surface area contributed by atoms with Gasteiger partial charge in [0.15, 0.2) is 5.82 Å². The van der Waals surface area contributed by atoms with E-state index in [-0.39, 0.29) is 0 Å². The lowest BCUT2D eigenvalue weighted by Gasteiger charge is -2.26. The number of aromatic nitrogens is 3. The Morgan fingerprint density at radius 2 is 1.07 bits per heavy atom. The minimum atomic E-state index is 0.351. The zero-order chi connectivity index (χ0) is 38.4. The van der Waals surface area contributed by atoms with E-state index in [9.17, 15) is 0 Å². The van der Waals surface area contributed by atoms with Crippen LogP contribution in [0.3, 0.4) is 0 Å². The van der Waals surface area contributed by atoms with Gasteiger partial charge >= 0.3 is 0 Å². The number of fused-ring (bicyclic) bond motifs is 6. The summed E-state index contributed by atoms with van der Waals surface area (Å²) >= 11 is 0. The van der Waals surface area contributed by atoms with Gasteiger partial charge in [-0.3, -0.25) is 4.99 Å². The second-order valence-electron chi connectivity index (χ2n) is 15.3. The molecule has 11 rings (SSSR count). The van der Waals surface area contributed by atoms with Gasteiger partial charge in [-0.1, -0.05) is 164 Å². The summed E-state index contributed by atoms with van der Waals surface area (Å²) in [6, 6.07) is 58.0. The Morgan fingerprint density at radius 3 is 1.78 bits per heavy atom. The molecule has 0 bridgehead atoms. The van der Waals surface area contributed by atoms with Gasteiger partial charge in [0.1, 0.15) is 0 Å². The summed E-state index contributed by atoms with van der Waals surface area (Å²) in [5.74, 6) is 1.04. The molecule has 1 aliphatic carbocycles. The van der Waals surface area contributed by atoms with Crippen molar-refractivity contribution in [2.24, 2.45) is 10.9 Å². The number of hydrogen-bond donors (Lipinski definition) is 0. The number of allylic oxidation sites excluding steroid dienone is 4. The first-order valence-electron chi connectivity index (χ1n) is 20.1. The standard InChI is InChI=1S/C54H38N4/c1-2-7-22-47-42(20-4-1)34-46-50(56-48-23-13-12-21-45(48)53(46)55-47)38-28-26-37(27-29-38)49-51(43-30-24-35-14-8-10-18-40(35)32-43)57-54(39-16-5-3-6-17-39)58-52(49)44-31-25-36-15-9-11-19-41(36)33-44/h1-3,5-19,21-33,42H,4,20,34H2. The van der Waals surface area contributed by atoms with Gasteiger partial charge in [-0.2, -0.15) is 0 Å². The predicted octanol–water partition coefficient (Wildman–Crippen LogP) is 13.8. The summed E-state index contributed by atoms with van der Waals surface area (Å²) < 4.78 is 0. The SMILES string of the molecule is C1=CCCC2Cc3c(-c4ccc(-c5c(-c6ccc7ccccc7c6)nc(-c6ccccc6)nc5-c5ccc6ccccc6c5)cc4)nc4ccccc4c3N=C2C=C1. The van der Waals surface area contributed by atoms with Gasteiger partial charge in [0, 0.05) is 50.4 Å². The summed E-state index contributed by atoms with van der Waals surface area (Å²) in [4.78, 5) is 21.5. The highest BCUT2D eigenvalue weighted by Gasteiger charge is 2.27. The first kappa shape index (κ1) is 34.0. The number of benzene rings is 7. The van der Waals surface area contributed by atoms with Crippen molar-refractivity contribution in [3.05, 3.63) is 194 Å². The molecule has 0 radical (unpaired) electrons. The summed E-state index contributed by atoms with van der Waals surface area (Å²) in [6.07, 6.45) is 11.7. The van der Waals surface area contributed by atoms with E-state index in [0.29, 0.717) is 11.7 Å². The van der Waals surface area contributed by atoms with Crippen molar-refractivity contribution in [2.45, 2.75) is 19.3 Å². The van der Waals surface area contributed by atoms with Crippen LogP contribution in [0.15, 0.2) is 193 Å². The van der Waals surface area contributed by atoms with Crippen molar-refractivity contribution in [2.75, 3.05) is 0 Å². The molecule has 274 valence electrons. The fourth-order valence-electron chi connectivity index (χ4n) is 8.75. The minimum Gasteiger partial charge on any atom is -0.252 e. The fraction of sp³-hybridized carbons (Fsp3) is 0.0741. The third-order valence-corrected chi connectivity index (χ3v) is 11.7. The van der Waals surface area contributed by atoms with E-state index in [1.807, 2.05) is 18.2 Å². The maximum atomic E-state index is 5.42. The summed E-state index contributed by atoms with van der Waals surface area (Å²) in [7, 11) is 0. The maximum absolute atomic E-state index is 5.42. The first-order chi connectivity index (χ1) is 28.7. The number of nitrogens with zero attached hydrogens (tertiary/aromatic N) is 4. The fourth-order valence-corrected chi connectivity index (χ4v) is 8.75. The summed E-state index contributed by atoms with van der Waals surface area (Å²) in [5.41, 5.74) is 13.4. The van der Waals surface area contributed by atoms with Crippen LogP contribution in [0.5, 0.6) is 0 Å². The van der Waals surface area contributed by atoms with Crippen LogP contribution in [0, 0.1) is 5.92 Å². The van der Waals surface area contributed by atoms with Crippen LogP contribution >= 0.6 is 0 Å². The largest absolute Gasteiger partial charge is 0.252 e. The quantitative estimate of drug-likeness (QED) is 0.176. The Morgan fingerprint density at radius 1 is 0.466 bits per heavy atom. The van der Waals surface area contributed by atoms with Crippen LogP contribution in [-0.2, 0) is 6.42 Å². The molecule has 58 heavy (non-hydrogen) atoms. The van der Waals surface area contributed by atoms with E-state index in [4.69, 9.17) is 19.9 Å². The molecule has 0 amide bonds. The topological polar surface area (TPSA) is 51.0 Å². The normalized spacial score (nSPS) is 14.8. The van der Waals surface area contributed by atoms with Crippen LogP contribution in [-0.4, -0.2) is 20.7 Å². The molecule has 1 unspecified atom stereocenters. The van der Waals surface area contributed by atoms with Crippen molar-refractivity contribution in [1.82, 2.24) is 15.0 Å². The molecule has 4 heteroatoms. The van der Waals surface area contributed by atoms with Crippen molar-refractivity contribution in [3.8, 4) is 56.3 Å². The lowest BCUT2D eigenvalue weighted by Crippen LogP contribution is -2.20. The molecule has 0 N–H and O–H groups in total. The molecule has 2 aromatic heterocycles. The Hall–Kier alpha value is -7.30. The van der Waals surface area contributed by atoms with Crippen molar-refractivity contribution >= 4 is 43.8 Å². The highest BCUT2D eigenvalue weighted by molar-refractivity contribution is 6.06. The van der Waals surface area contributed by atoms with Gasteiger partial charge in [-0.15, -0.1) is 0 Å². The van der Waals surface area contributed by atoms with E-state index in [1.54, 1.807) is 0 Å². The molecule has 9 aromatic rings. The average molecular weight is 743 g/mol. The molecule has 1 aliphatic heterocycles. The molecule has 0 saturated carbocycles. The van der Waals surface area contributed by atoms with Crippen LogP contribution in [0.2, 0.25) is 0 Å². The number of rotatable bonds is 5. The van der Waals surface area contributed by atoms with Gasteiger partial charge in [0.25, 0.3) is 0 Å². The molecule has 2 aliphatic rings. The monoisotopic (exact) mass is 742 g/mol. The number of aliphatic imine (C=N–C) groups is 1. The molecular weight excluding hydrogens is 705 g/mol. The third-order valence-electron chi connectivity index (χ3n) is 11.7. The lowest BCUT2D eigenvalue weighted by atomic mass is 9.83. The smallest absolute Gasteiger partial charge is 0.160 e. The first-order valence-corrected chi connectivity index (χ1v) is 20.1. The van der Waals surface area contributed by atoms with Crippen LogP contribution in [0.1, 0.15) is 18.4 Å². The molecule has 0 fully saturated rings. The molecule has 0 spiro atoms. The second-order valence-corrected chi connectivity index (χ2v) is 15.3. The summed E-state index contributed by atoms with van der Waals surface area (Å²) in [5, 5.41) is 5.83. The summed E-state index contributed by atoms with van der Waals surface area (Å²) in [6.45, 7) is 0. The number of pyridine rings is 1. The highest BCUT2D eigenvalue weighted by Crippen LogP contribution is 2.44. The molecule has 3 heterocycles. The zero-order valence-electron chi connectivity index (χ0n) is 31.9. The van der Waals surface area contributed by atoms with Gasteiger partial charge < -0.3 is 0 Å². The van der Waals surface area contributed by atoms with Crippen molar-refractivity contribution < 1.29 is 0 Å². The minimum absolute atomic E-state index is 0.351. The molecule has 1 atom stereocenters. The van der Waals surface area contributed by atoms with E-state index < -0.39 is 0 Å². The Bertz CT molecular complexity index is 3040. The van der Waals surface area contributed by atoms with E-state index in [2.05, 4.69) is 170 Å². The Kier molecular flexibility index (Phi) is 8.40. The number of para-hydroxylation sites is 1. The molecule has 4 nitrogen and oxygen atoms in total. The van der Waals surface area contributed by atoms with Gasteiger partial charge in [-0.05, 0) is 70.6 Å². The average Bonchev–Trinajstić information content (AvgIpc) is 3.28. The third kappa shape index (κ3) is 6.11. The lowest BCUT2D eigenvalue weighted by molar-refractivity contribution is 0.624. The van der Waals surface area contributed by atoms with Crippen LogP contribution in [0.25, 0.3) is 88.7 Å². The molecular formula is C54H38N4. The number of hydrogen-bond acceptors (Lipinski definition) is 4. The Balaban J connectivity index is 1.13. The van der Waals surface area contributed by atoms with Crippen molar-refractivity contribution in [3.63, 3.8) is 0 Å². The van der Waals surface area contributed by atoms with Gasteiger partial charge in [-0.25, -0.2) is 15.0 Å². The predicted molar refractivity (Wildman–Crippen MR) is 241 cm³/mol. The van der Waals surface area contributed by atoms with Gasteiger partial charge in [0.05, 0.1) is 28.3 Å². The van der Waals surface area contributed by atoms with Crippen molar-refractivity contribution in [1.29, 1.82) is 0 Å². The van der Waals surface area contributed by atoms with Gasteiger partial charge in [0.2, 0.25) is 0 Å². The van der Waals surface area contributed by atoms with E-state index >= 15 is 0 Å². The van der Waals surface area contributed by atoms with E-state index in [0.717, 1.165) is 92.0 Å². The molecule has 0 saturated heterocycles. The maximum Gasteiger partial charge on any atom is 0.160 e. The Labute approximate surface area is 337 Å². The highest BCUT2D eigenvalue weighted by atomic mass is 14.9. The molecule has 7 aromatic carbocycles. The van der Waals surface area contributed by atoms with Crippen LogP contribution < -0.4 is 0 Å². The van der Waals surface area contributed by atoms with Crippen LogP contribution in [0.4, 0.5) is 5.69 Å². The second kappa shape index (κ2) is 14.3. The zero-order valence-corrected chi connectivity index (χ0v) is 31.9.